The van der Waals surface area contributed by atoms with E-state index in [4.69, 9.17) is 0 Å². The normalized spacial score (nSPS) is 11.0. The molecule has 0 heterocycles. The zero-order chi connectivity index (χ0) is 12.3. The second kappa shape index (κ2) is 4.91. The van der Waals surface area contributed by atoms with E-state index in [9.17, 15) is 0 Å². The quantitative estimate of drug-likeness (QED) is 0.639. The van der Waals surface area contributed by atoms with E-state index in [0.717, 1.165) is 11.4 Å². The van der Waals surface area contributed by atoms with Gasteiger partial charge in [-0.3, -0.25) is 0 Å². The third-order valence-electron chi connectivity index (χ3n) is 2.81. The lowest BCUT2D eigenvalue weighted by atomic mass is 10.1. The first-order valence-corrected chi connectivity index (χ1v) is 5.71. The van der Waals surface area contributed by atoms with Crippen LogP contribution in [0.4, 0.5) is 11.4 Å². The van der Waals surface area contributed by atoms with Crippen LogP contribution in [0.1, 0.15) is 16.7 Å². The first-order chi connectivity index (χ1) is 8.15. The Morgan fingerprint density at radius 1 is 0.647 bits per heavy atom. The molecule has 0 N–H and O–H groups in total. The van der Waals surface area contributed by atoms with Crippen LogP contribution >= 0.6 is 0 Å². The van der Waals surface area contributed by atoms with E-state index in [0.29, 0.717) is 0 Å². The maximum Gasteiger partial charge on any atom is 0.0859 e. The van der Waals surface area contributed by atoms with Gasteiger partial charge in [0, 0.05) is 0 Å². The lowest BCUT2D eigenvalue weighted by Gasteiger charge is -1.99. The van der Waals surface area contributed by atoms with Crippen LogP contribution in [0.5, 0.6) is 0 Å². The lowest BCUT2D eigenvalue weighted by Crippen LogP contribution is -1.77. The largest absolute Gasteiger partial charge is 0.151 e. The van der Waals surface area contributed by atoms with Gasteiger partial charge in [0.25, 0.3) is 0 Å². The molecule has 0 aliphatic heterocycles. The highest BCUT2D eigenvalue weighted by Gasteiger charge is 1.94. The Labute approximate surface area is 102 Å². The molecule has 0 atom stereocenters. The molecule has 0 unspecified atom stereocenters. The summed E-state index contributed by atoms with van der Waals surface area (Å²) in [4.78, 5) is 0. The molecule has 0 bridgehead atoms. The van der Waals surface area contributed by atoms with E-state index < -0.39 is 0 Å². The Kier molecular flexibility index (Phi) is 3.33. The van der Waals surface area contributed by atoms with E-state index in [2.05, 4.69) is 37.1 Å². The molecule has 0 aliphatic rings. The van der Waals surface area contributed by atoms with Gasteiger partial charge in [0.15, 0.2) is 0 Å². The summed E-state index contributed by atoms with van der Waals surface area (Å²) in [7, 11) is 0. The Morgan fingerprint density at radius 3 is 1.88 bits per heavy atom. The van der Waals surface area contributed by atoms with Crippen LogP contribution in [0.25, 0.3) is 0 Å². The molecule has 2 heteroatoms. The smallest absolute Gasteiger partial charge is 0.0859 e. The van der Waals surface area contributed by atoms with Crippen LogP contribution in [0.3, 0.4) is 0 Å². The average molecular weight is 224 g/mol. The second-order valence-electron chi connectivity index (χ2n) is 4.30. The minimum absolute atomic E-state index is 0.883. The molecule has 0 amide bonds. The molecular weight excluding hydrogens is 208 g/mol. The number of benzene rings is 2. The summed E-state index contributed by atoms with van der Waals surface area (Å²) in [6, 6.07) is 14.1. The van der Waals surface area contributed by atoms with Gasteiger partial charge in [-0.05, 0) is 56.2 Å². The van der Waals surface area contributed by atoms with Crippen molar-refractivity contribution in [2.75, 3.05) is 0 Å². The van der Waals surface area contributed by atoms with Crippen LogP contribution in [0.2, 0.25) is 0 Å². The van der Waals surface area contributed by atoms with Gasteiger partial charge in [0.1, 0.15) is 0 Å². The maximum absolute atomic E-state index is 4.23. The number of nitrogens with zero attached hydrogens (tertiary/aromatic N) is 2. The first kappa shape index (κ1) is 11.5. The van der Waals surface area contributed by atoms with Gasteiger partial charge in [0.2, 0.25) is 0 Å². The molecule has 0 fully saturated rings. The van der Waals surface area contributed by atoms with Gasteiger partial charge in [-0.2, -0.15) is 10.2 Å². The minimum atomic E-state index is 0.883. The van der Waals surface area contributed by atoms with Crippen molar-refractivity contribution < 1.29 is 0 Å². The summed E-state index contributed by atoms with van der Waals surface area (Å²) in [6.45, 7) is 6.24. The summed E-state index contributed by atoms with van der Waals surface area (Å²) in [5.74, 6) is 0. The van der Waals surface area contributed by atoms with Crippen molar-refractivity contribution in [2.24, 2.45) is 10.2 Å². The predicted octanol–water partition coefficient (Wildman–Crippen LogP) is 5.03. The number of azo groups is 1. The summed E-state index contributed by atoms with van der Waals surface area (Å²) < 4.78 is 0. The highest BCUT2D eigenvalue weighted by atomic mass is 15.1. The molecule has 0 saturated heterocycles. The Balaban J connectivity index is 2.20. The van der Waals surface area contributed by atoms with Crippen molar-refractivity contribution in [3.63, 3.8) is 0 Å². The molecule has 2 aromatic rings. The maximum atomic E-state index is 4.23. The molecule has 0 spiro atoms. The number of rotatable bonds is 2. The Morgan fingerprint density at radius 2 is 1.24 bits per heavy atom. The third-order valence-corrected chi connectivity index (χ3v) is 2.81. The van der Waals surface area contributed by atoms with Gasteiger partial charge >= 0.3 is 0 Å². The van der Waals surface area contributed by atoms with Crippen molar-refractivity contribution in [2.45, 2.75) is 20.8 Å². The van der Waals surface area contributed by atoms with Crippen LogP contribution < -0.4 is 0 Å². The van der Waals surface area contributed by atoms with Crippen molar-refractivity contribution in [3.8, 4) is 0 Å². The monoisotopic (exact) mass is 224 g/mol. The SMILES string of the molecule is Cc1ccc(N=Nc2ccc(C)c(C)c2)cc1. The molecule has 2 aromatic carbocycles. The zero-order valence-corrected chi connectivity index (χ0v) is 10.4. The van der Waals surface area contributed by atoms with Crippen molar-refractivity contribution in [1.29, 1.82) is 0 Å². The van der Waals surface area contributed by atoms with E-state index in [-0.39, 0.29) is 0 Å². The van der Waals surface area contributed by atoms with Gasteiger partial charge in [-0.25, -0.2) is 0 Å². The van der Waals surface area contributed by atoms with Gasteiger partial charge in [0.05, 0.1) is 11.4 Å². The van der Waals surface area contributed by atoms with E-state index >= 15 is 0 Å². The number of hydrogen-bond donors (Lipinski definition) is 0. The molecule has 86 valence electrons. The molecule has 2 rings (SSSR count). The molecule has 0 radical (unpaired) electrons. The minimum Gasteiger partial charge on any atom is -0.151 e. The van der Waals surface area contributed by atoms with Crippen LogP contribution in [-0.4, -0.2) is 0 Å². The van der Waals surface area contributed by atoms with Crippen LogP contribution in [-0.2, 0) is 0 Å². The molecule has 0 aromatic heterocycles. The number of hydrogen-bond acceptors (Lipinski definition) is 2. The summed E-state index contributed by atoms with van der Waals surface area (Å²) in [5.41, 5.74) is 5.53. The fourth-order valence-corrected chi connectivity index (χ4v) is 1.51. The van der Waals surface area contributed by atoms with Gasteiger partial charge in [-0.15, -0.1) is 0 Å². The topological polar surface area (TPSA) is 24.7 Å². The summed E-state index contributed by atoms with van der Waals surface area (Å²) >= 11 is 0. The van der Waals surface area contributed by atoms with E-state index in [1.54, 1.807) is 0 Å². The molecule has 17 heavy (non-hydrogen) atoms. The van der Waals surface area contributed by atoms with E-state index in [1.807, 2.05) is 36.4 Å². The third kappa shape index (κ3) is 3.00. The predicted molar refractivity (Wildman–Crippen MR) is 71.3 cm³/mol. The Hall–Kier alpha value is -1.96. The number of aryl methyl sites for hydroxylation is 3. The van der Waals surface area contributed by atoms with Crippen LogP contribution in [0, 0.1) is 20.8 Å². The average Bonchev–Trinajstić information content (AvgIpc) is 2.33. The van der Waals surface area contributed by atoms with Gasteiger partial charge < -0.3 is 0 Å². The molecular formula is C15H16N2. The fourth-order valence-electron chi connectivity index (χ4n) is 1.51. The lowest BCUT2D eigenvalue weighted by molar-refractivity contribution is 1.21. The zero-order valence-electron chi connectivity index (χ0n) is 10.4. The highest BCUT2D eigenvalue weighted by Crippen LogP contribution is 2.20. The van der Waals surface area contributed by atoms with Crippen molar-refractivity contribution >= 4 is 11.4 Å². The fraction of sp³-hybridized carbons (Fsp3) is 0.200. The van der Waals surface area contributed by atoms with Crippen molar-refractivity contribution in [1.82, 2.24) is 0 Å². The second-order valence-corrected chi connectivity index (χ2v) is 4.30. The highest BCUT2D eigenvalue weighted by molar-refractivity contribution is 5.44. The van der Waals surface area contributed by atoms with Crippen LogP contribution in [0.15, 0.2) is 52.7 Å². The summed E-state index contributed by atoms with van der Waals surface area (Å²) in [5, 5.41) is 8.45. The molecule has 0 saturated carbocycles. The molecule has 2 nitrogen and oxygen atoms in total. The first-order valence-electron chi connectivity index (χ1n) is 5.71. The Bertz CT molecular complexity index is 539. The van der Waals surface area contributed by atoms with E-state index in [1.165, 1.54) is 16.7 Å². The van der Waals surface area contributed by atoms with Gasteiger partial charge in [-0.1, -0.05) is 23.8 Å². The molecule has 0 aliphatic carbocycles. The standard InChI is InChI=1S/C15H16N2/c1-11-4-7-14(8-5-11)16-17-15-9-6-12(2)13(3)10-15/h4-10H,1-3H3. The van der Waals surface area contributed by atoms with Crippen molar-refractivity contribution in [3.05, 3.63) is 59.2 Å². The summed E-state index contributed by atoms with van der Waals surface area (Å²) in [6.07, 6.45) is 0.